The van der Waals surface area contributed by atoms with E-state index in [9.17, 15) is 8.42 Å². The molecule has 84 valence electrons. The third kappa shape index (κ3) is 2.93. The maximum Gasteiger partial charge on any atom is 0.281 e. The van der Waals surface area contributed by atoms with Gasteiger partial charge in [0.15, 0.2) is 0 Å². The van der Waals surface area contributed by atoms with Crippen molar-refractivity contribution in [1.82, 2.24) is 0 Å². The summed E-state index contributed by atoms with van der Waals surface area (Å²) in [5.41, 5.74) is 5.49. The van der Waals surface area contributed by atoms with Gasteiger partial charge in [0.1, 0.15) is 5.37 Å². The molecule has 5 heteroatoms. The minimum atomic E-state index is -4.07. The SMILES string of the molecule is CC(C1CCCCC1)C(N)S(=O)(=O)O. The van der Waals surface area contributed by atoms with Crippen LogP contribution in [-0.4, -0.2) is 18.3 Å². The molecule has 0 spiro atoms. The van der Waals surface area contributed by atoms with Gasteiger partial charge in [0, 0.05) is 0 Å². The van der Waals surface area contributed by atoms with Crippen molar-refractivity contribution in [3.8, 4) is 0 Å². The van der Waals surface area contributed by atoms with Crippen molar-refractivity contribution in [1.29, 1.82) is 0 Å². The Hall–Kier alpha value is -0.130. The van der Waals surface area contributed by atoms with E-state index in [0.717, 1.165) is 25.7 Å². The van der Waals surface area contributed by atoms with E-state index in [4.69, 9.17) is 10.3 Å². The van der Waals surface area contributed by atoms with Crippen molar-refractivity contribution in [3.63, 3.8) is 0 Å². The molecule has 1 aliphatic rings. The highest BCUT2D eigenvalue weighted by Crippen LogP contribution is 2.31. The summed E-state index contributed by atoms with van der Waals surface area (Å²) in [7, 11) is -4.07. The van der Waals surface area contributed by atoms with Crippen molar-refractivity contribution >= 4 is 10.1 Å². The molecule has 1 fully saturated rings. The fourth-order valence-electron chi connectivity index (χ4n) is 2.20. The van der Waals surface area contributed by atoms with Crippen LogP contribution in [0.5, 0.6) is 0 Å². The molecule has 2 unspecified atom stereocenters. The molecule has 1 saturated carbocycles. The maximum atomic E-state index is 10.8. The molecule has 0 aliphatic heterocycles. The van der Waals surface area contributed by atoms with Gasteiger partial charge in [0.25, 0.3) is 10.1 Å². The average Bonchev–Trinajstić information content (AvgIpc) is 2.15. The molecular weight excluding hydrogens is 202 g/mol. The largest absolute Gasteiger partial charge is 0.313 e. The first-order chi connectivity index (χ1) is 6.43. The van der Waals surface area contributed by atoms with Gasteiger partial charge in [-0.15, -0.1) is 0 Å². The predicted octanol–water partition coefficient (Wildman–Crippen LogP) is 1.38. The van der Waals surface area contributed by atoms with Crippen molar-refractivity contribution in [2.45, 2.75) is 44.4 Å². The third-order valence-corrected chi connectivity index (χ3v) is 4.37. The maximum absolute atomic E-state index is 10.8. The van der Waals surface area contributed by atoms with Crippen LogP contribution in [0.1, 0.15) is 39.0 Å². The smallest absolute Gasteiger partial charge is 0.281 e. The highest BCUT2D eigenvalue weighted by molar-refractivity contribution is 7.86. The molecule has 0 aromatic rings. The van der Waals surface area contributed by atoms with Gasteiger partial charge in [0.05, 0.1) is 0 Å². The summed E-state index contributed by atoms with van der Waals surface area (Å²) in [6, 6.07) is 0. The first kappa shape index (κ1) is 11.9. The second-order valence-electron chi connectivity index (χ2n) is 4.24. The van der Waals surface area contributed by atoms with Crippen LogP contribution in [0.25, 0.3) is 0 Å². The van der Waals surface area contributed by atoms with E-state index in [1.165, 1.54) is 6.42 Å². The van der Waals surface area contributed by atoms with Crippen LogP contribution >= 0.6 is 0 Å². The first-order valence-corrected chi connectivity index (χ1v) is 6.65. The Labute approximate surface area is 85.6 Å². The van der Waals surface area contributed by atoms with E-state index in [1.807, 2.05) is 6.92 Å². The Morgan fingerprint density at radius 1 is 1.29 bits per heavy atom. The summed E-state index contributed by atoms with van der Waals surface area (Å²) < 4.78 is 30.5. The molecule has 0 heterocycles. The molecule has 1 rings (SSSR count). The lowest BCUT2D eigenvalue weighted by molar-refractivity contribution is 0.251. The highest BCUT2D eigenvalue weighted by atomic mass is 32.2. The van der Waals surface area contributed by atoms with E-state index >= 15 is 0 Å². The van der Waals surface area contributed by atoms with Crippen LogP contribution in [0.3, 0.4) is 0 Å². The van der Waals surface area contributed by atoms with E-state index in [1.54, 1.807) is 0 Å². The zero-order valence-electron chi connectivity index (χ0n) is 8.52. The summed E-state index contributed by atoms with van der Waals surface area (Å²) >= 11 is 0. The molecule has 0 aromatic heterocycles. The monoisotopic (exact) mass is 221 g/mol. The van der Waals surface area contributed by atoms with E-state index in [2.05, 4.69) is 0 Å². The zero-order chi connectivity index (χ0) is 10.8. The summed E-state index contributed by atoms with van der Waals surface area (Å²) in [6.45, 7) is 1.81. The minimum Gasteiger partial charge on any atom is -0.313 e. The molecule has 0 amide bonds. The Morgan fingerprint density at radius 2 is 1.79 bits per heavy atom. The van der Waals surface area contributed by atoms with Crippen molar-refractivity contribution < 1.29 is 13.0 Å². The molecule has 2 atom stereocenters. The van der Waals surface area contributed by atoms with Crippen LogP contribution in [0.2, 0.25) is 0 Å². The molecule has 0 radical (unpaired) electrons. The summed E-state index contributed by atoms with van der Waals surface area (Å²) in [5.74, 6) is 0.200. The normalized spacial score (nSPS) is 24.5. The minimum absolute atomic E-state index is 0.148. The summed E-state index contributed by atoms with van der Waals surface area (Å²) in [6.07, 6.45) is 5.58. The fraction of sp³-hybridized carbons (Fsp3) is 1.00. The van der Waals surface area contributed by atoms with Crippen LogP contribution in [0, 0.1) is 11.8 Å². The van der Waals surface area contributed by atoms with Gasteiger partial charge in [0.2, 0.25) is 0 Å². The molecule has 3 N–H and O–H groups in total. The zero-order valence-corrected chi connectivity index (χ0v) is 9.33. The molecule has 0 saturated heterocycles. The molecular formula is C9H19NO3S. The van der Waals surface area contributed by atoms with Gasteiger partial charge in [-0.3, -0.25) is 4.55 Å². The number of nitrogens with two attached hydrogens (primary N) is 1. The third-order valence-electron chi connectivity index (χ3n) is 3.26. The molecule has 4 nitrogen and oxygen atoms in total. The van der Waals surface area contributed by atoms with Crippen LogP contribution in [0.15, 0.2) is 0 Å². The highest BCUT2D eigenvalue weighted by Gasteiger charge is 2.31. The van der Waals surface area contributed by atoms with Gasteiger partial charge in [-0.2, -0.15) is 8.42 Å². The van der Waals surface area contributed by atoms with E-state index in [0.29, 0.717) is 5.92 Å². The van der Waals surface area contributed by atoms with E-state index < -0.39 is 15.5 Å². The second kappa shape index (κ2) is 4.59. The lowest BCUT2D eigenvalue weighted by atomic mass is 9.81. The standard InChI is InChI=1S/C9H19NO3S/c1-7(9(10)14(11,12)13)8-5-3-2-4-6-8/h7-9H,2-6,10H2,1H3,(H,11,12,13). The molecule has 1 aliphatic carbocycles. The molecule has 0 bridgehead atoms. The van der Waals surface area contributed by atoms with Crippen LogP contribution < -0.4 is 5.73 Å². The Bertz CT molecular complexity index is 270. The fourth-order valence-corrected chi connectivity index (χ4v) is 2.96. The topological polar surface area (TPSA) is 80.4 Å². The second-order valence-corrected chi connectivity index (χ2v) is 5.81. The lowest BCUT2D eigenvalue weighted by Gasteiger charge is -2.29. The molecule has 0 aromatic carbocycles. The predicted molar refractivity (Wildman–Crippen MR) is 55.3 cm³/mol. The number of hydrogen-bond donors (Lipinski definition) is 2. The molecule has 14 heavy (non-hydrogen) atoms. The van der Waals surface area contributed by atoms with Crippen molar-refractivity contribution in [2.75, 3.05) is 0 Å². The number of hydrogen-bond acceptors (Lipinski definition) is 3. The Kier molecular flexibility index (Phi) is 3.92. The Balaban J connectivity index is 2.59. The van der Waals surface area contributed by atoms with Crippen molar-refractivity contribution in [2.24, 2.45) is 17.6 Å². The lowest BCUT2D eigenvalue weighted by Crippen LogP contribution is -2.40. The van der Waals surface area contributed by atoms with Gasteiger partial charge in [-0.05, 0) is 11.8 Å². The Morgan fingerprint density at radius 3 is 2.21 bits per heavy atom. The summed E-state index contributed by atoms with van der Waals surface area (Å²) in [4.78, 5) is 0. The van der Waals surface area contributed by atoms with Gasteiger partial charge in [-0.25, -0.2) is 0 Å². The van der Waals surface area contributed by atoms with Gasteiger partial charge < -0.3 is 5.73 Å². The first-order valence-electron chi connectivity index (χ1n) is 5.15. The van der Waals surface area contributed by atoms with Crippen LogP contribution in [-0.2, 0) is 10.1 Å². The van der Waals surface area contributed by atoms with Gasteiger partial charge in [-0.1, -0.05) is 39.0 Å². The number of rotatable bonds is 3. The summed E-state index contributed by atoms with van der Waals surface area (Å²) in [5, 5.41) is -1.12. The van der Waals surface area contributed by atoms with Crippen LogP contribution in [0.4, 0.5) is 0 Å². The van der Waals surface area contributed by atoms with Crippen molar-refractivity contribution in [3.05, 3.63) is 0 Å². The van der Waals surface area contributed by atoms with E-state index in [-0.39, 0.29) is 5.92 Å². The average molecular weight is 221 g/mol. The van der Waals surface area contributed by atoms with Gasteiger partial charge >= 0.3 is 0 Å². The quantitative estimate of drug-likeness (QED) is 0.705.